The van der Waals surface area contributed by atoms with E-state index in [1.54, 1.807) is 0 Å². The van der Waals surface area contributed by atoms with E-state index in [2.05, 4.69) is 10.3 Å². The lowest BCUT2D eigenvalue weighted by Crippen LogP contribution is -2.27. The van der Waals surface area contributed by atoms with E-state index >= 15 is 0 Å². The van der Waals surface area contributed by atoms with Gasteiger partial charge in [-0.15, -0.1) is 0 Å². The number of hydrogen-bond donors (Lipinski definition) is 2. The molecule has 0 bridgehead atoms. The number of anilines is 1. The third-order valence-electron chi connectivity index (χ3n) is 2.08. The zero-order valence-corrected chi connectivity index (χ0v) is 7.46. The number of rotatable bonds is 2. The van der Waals surface area contributed by atoms with Crippen molar-refractivity contribution in [1.29, 1.82) is 0 Å². The van der Waals surface area contributed by atoms with Crippen molar-refractivity contribution in [3.05, 3.63) is 23.8 Å². The van der Waals surface area contributed by atoms with Gasteiger partial charge in [0.1, 0.15) is 5.56 Å². The number of aromatic nitrogens is 1. The van der Waals surface area contributed by atoms with Gasteiger partial charge in [0.15, 0.2) is 0 Å². The highest BCUT2D eigenvalue weighted by Gasteiger charge is 2.26. The van der Waals surface area contributed by atoms with Crippen LogP contribution < -0.4 is 11.1 Å². The van der Waals surface area contributed by atoms with Gasteiger partial charge in [-0.3, -0.25) is 4.79 Å². The third-order valence-corrected chi connectivity index (χ3v) is 2.08. The molecule has 1 aliphatic rings. The van der Waals surface area contributed by atoms with Gasteiger partial charge < -0.3 is 11.1 Å². The quantitative estimate of drug-likeness (QED) is 0.682. The van der Waals surface area contributed by atoms with Gasteiger partial charge in [0.25, 0.3) is 5.91 Å². The first-order valence-electron chi connectivity index (χ1n) is 4.39. The molecule has 74 valence electrons. The molecule has 14 heavy (non-hydrogen) atoms. The molecule has 0 unspecified atom stereocenters. The lowest BCUT2D eigenvalue weighted by Gasteiger charge is -2.05. The lowest BCUT2D eigenvalue weighted by atomic mass is 10.2. The molecule has 5 heteroatoms. The van der Waals surface area contributed by atoms with E-state index in [1.807, 2.05) is 0 Å². The molecule has 1 amide bonds. The molecule has 1 aromatic heterocycles. The highest BCUT2D eigenvalue weighted by atomic mass is 19.1. The topological polar surface area (TPSA) is 68.0 Å². The van der Waals surface area contributed by atoms with Gasteiger partial charge in [-0.05, 0) is 18.9 Å². The van der Waals surface area contributed by atoms with E-state index in [4.69, 9.17) is 5.73 Å². The van der Waals surface area contributed by atoms with Crippen LogP contribution in [0.5, 0.6) is 0 Å². The van der Waals surface area contributed by atoms with E-state index in [9.17, 15) is 9.18 Å². The second kappa shape index (κ2) is 3.25. The molecule has 2 rings (SSSR count). The summed E-state index contributed by atoms with van der Waals surface area (Å²) in [6.07, 6.45) is 3.14. The number of nitrogen functional groups attached to an aromatic ring is 1. The summed E-state index contributed by atoms with van der Waals surface area (Å²) >= 11 is 0. The molecule has 0 aliphatic heterocycles. The number of nitrogens with two attached hydrogens (primary N) is 1. The van der Waals surface area contributed by atoms with Crippen molar-refractivity contribution in [2.24, 2.45) is 0 Å². The van der Waals surface area contributed by atoms with Crippen LogP contribution in [0.4, 0.5) is 10.1 Å². The highest BCUT2D eigenvalue weighted by Crippen LogP contribution is 2.21. The van der Waals surface area contributed by atoms with Crippen molar-refractivity contribution < 1.29 is 9.18 Å². The summed E-state index contributed by atoms with van der Waals surface area (Å²) in [5, 5.41) is 2.65. The van der Waals surface area contributed by atoms with E-state index < -0.39 is 11.9 Å². The number of halogens is 1. The van der Waals surface area contributed by atoms with Crippen LogP contribution >= 0.6 is 0 Å². The predicted molar refractivity (Wildman–Crippen MR) is 49.1 cm³/mol. The van der Waals surface area contributed by atoms with Gasteiger partial charge in [0.05, 0.1) is 5.69 Å². The molecule has 1 heterocycles. The second-order valence-corrected chi connectivity index (χ2v) is 3.31. The molecule has 4 nitrogen and oxygen atoms in total. The summed E-state index contributed by atoms with van der Waals surface area (Å²) in [5.41, 5.74) is 5.45. The summed E-state index contributed by atoms with van der Waals surface area (Å²) in [4.78, 5) is 14.8. The Morgan fingerprint density at radius 3 is 2.93 bits per heavy atom. The Kier molecular flexibility index (Phi) is 2.07. The number of pyridine rings is 1. The highest BCUT2D eigenvalue weighted by molar-refractivity contribution is 5.99. The van der Waals surface area contributed by atoms with E-state index in [0.717, 1.165) is 12.8 Å². The van der Waals surface area contributed by atoms with E-state index in [0.29, 0.717) is 0 Å². The van der Waals surface area contributed by atoms with Gasteiger partial charge >= 0.3 is 0 Å². The molecule has 0 radical (unpaired) electrons. The van der Waals surface area contributed by atoms with Crippen LogP contribution in [-0.4, -0.2) is 16.9 Å². The average molecular weight is 195 g/mol. The molecular formula is C9H10FN3O. The molecule has 1 saturated carbocycles. The smallest absolute Gasteiger partial charge is 0.258 e. The maximum atomic E-state index is 13.1. The van der Waals surface area contributed by atoms with Crippen LogP contribution in [0, 0.1) is 5.95 Å². The Hall–Kier alpha value is -1.65. The molecule has 1 fully saturated rings. The van der Waals surface area contributed by atoms with Crippen molar-refractivity contribution in [1.82, 2.24) is 10.3 Å². The summed E-state index contributed by atoms with van der Waals surface area (Å²) in [5.74, 6) is -1.29. The first kappa shape index (κ1) is 8.93. The fourth-order valence-corrected chi connectivity index (χ4v) is 1.16. The number of nitrogens with one attached hydrogen (secondary N) is 1. The zero-order chi connectivity index (χ0) is 10.1. The Balaban J connectivity index is 2.24. The minimum atomic E-state index is -0.817. The molecule has 1 aliphatic carbocycles. The largest absolute Gasteiger partial charge is 0.398 e. The van der Waals surface area contributed by atoms with E-state index in [1.165, 1.54) is 12.3 Å². The maximum Gasteiger partial charge on any atom is 0.258 e. The summed E-state index contributed by atoms with van der Waals surface area (Å²) in [7, 11) is 0. The van der Waals surface area contributed by atoms with Crippen LogP contribution in [0.25, 0.3) is 0 Å². The fourth-order valence-electron chi connectivity index (χ4n) is 1.16. The summed E-state index contributed by atoms with van der Waals surface area (Å²) in [6.45, 7) is 0. The molecule has 0 aromatic carbocycles. The Bertz CT molecular complexity index is 356. The van der Waals surface area contributed by atoms with E-state index in [-0.39, 0.29) is 17.3 Å². The van der Waals surface area contributed by atoms with Gasteiger partial charge in [-0.25, -0.2) is 4.98 Å². The van der Waals surface area contributed by atoms with Crippen LogP contribution in [0.1, 0.15) is 23.2 Å². The fraction of sp³-hybridized carbons (Fsp3) is 0.333. The number of hydrogen-bond acceptors (Lipinski definition) is 3. The van der Waals surface area contributed by atoms with Gasteiger partial charge in [-0.1, -0.05) is 0 Å². The van der Waals surface area contributed by atoms with Crippen molar-refractivity contribution in [3.63, 3.8) is 0 Å². The molecule has 3 N–H and O–H groups in total. The minimum Gasteiger partial charge on any atom is -0.398 e. The predicted octanol–water partition coefficient (Wildman–Crippen LogP) is 0.695. The Labute approximate surface area is 80.3 Å². The van der Waals surface area contributed by atoms with Crippen molar-refractivity contribution in [3.8, 4) is 0 Å². The Morgan fingerprint density at radius 1 is 1.64 bits per heavy atom. The number of carbonyl (C=O) groups is 1. The van der Waals surface area contributed by atoms with Gasteiger partial charge in [0, 0.05) is 12.2 Å². The summed E-state index contributed by atoms with van der Waals surface area (Å²) < 4.78 is 13.1. The monoisotopic (exact) mass is 195 g/mol. The van der Waals surface area contributed by atoms with Crippen molar-refractivity contribution >= 4 is 11.6 Å². The zero-order valence-electron chi connectivity index (χ0n) is 7.46. The van der Waals surface area contributed by atoms with Crippen LogP contribution in [-0.2, 0) is 0 Å². The van der Waals surface area contributed by atoms with Crippen molar-refractivity contribution in [2.45, 2.75) is 18.9 Å². The first-order chi connectivity index (χ1) is 6.68. The normalized spacial score (nSPS) is 15.2. The molecule has 0 atom stereocenters. The minimum absolute atomic E-state index is 0.121. The third kappa shape index (κ3) is 1.66. The van der Waals surface area contributed by atoms with Crippen molar-refractivity contribution in [2.75, 3.05) is 5.73 Å². The lowest BCUT2D eigenvalue weighted by molar-refractivity contribution is 0.0947. The Morgan fingerprint density at radius 2 is 2.36 bits per heavy atom. The number of nitrogens with zero attached hydrogens (tertiary/aromatic N) is 1. The second-order valence-electron chi connectivity index (χ2n) is 3.31. The standard InChI is InChI=1S/C9H10FN3O/c10-8-7(6(11)3-4-12-8)9(14)13-5-1-2-5/h3-5H,1-2H2,(H2,11,12)(H,13,14). The van der Waals surface area contributed by atoms with Crippen LogP contribution in [0.3, 0.4) is 0 Å². The summed E-state index contributed by atoms with van der Waals surface area (Å²) in [6, 6.07) is 1.59. The van der Waals surface area contributed by atoms with Gasteiger partial charge in [0.2, 0.25) is 5.95 Å². The molecule has 0 saturated heterocycles. The SMILES string of the molecule is Nc1ccnc(F)c1C(=O)NC1CC1. The van der Waals surface area contributed by atoms with Crippen LogP contribution in [0.15, 0.2) is 12.3 Å². The van der Waals surface area contributed by atoms with Crippen LogP contribution in [0.2, 0.25) is 0 Å². The first-order valence-corrected chi connectivity index (χ1v) is 4.39. The maximum absolute atomic E-state index is 13.1. The van der Waals surface area contributed by atoms with Gasteiger partial charge in [-0.2, -0.15) is 4.39 Å². The number of amides is 1. The average Bonchev–Trinajstić information content (AvgIpc) is 2.87. The molecule has 0 spiro atoms. The molecule has 1 aromatic rings. The number of carbonyl (C=O) groups excluding carboxylic acids is 1. The molecular weight excluding hydrogens is 185 g/mol.